The summed E-state index contributed by atoms with van der Waals surface area (Å²) < 4.78 is -0.658. The molecule has 3 aliphatic rings. The van der Waals surface area contributed by atoms with Crippen LogP contribution in [0.1, 0.15) is 58.9 Å². The average molecular weight is 502 g/mol. The van der Waals surface area contributed by atoms with Gasteiger partial charge in [0.2, 0.25) is 17.7 Å². The van der Waals surface area contributed by atoms with Crippen molar-refractivity contribution < 1.29 is 19.5 Å². The van der Waals surface area contributed by atoms with E-state index in [9.17, 15) is 19.5 Å². The monoisotopic (exact) mass is 501 g/mol. The standard InChI is InChI=1S/C27H39N3O4S/c1-5-10-17(4)29-25(33)23-27-16(3)13-20(35-27)21(22(27)26(34)30(23)19(6-2)15-31)24(32)28-14-18-11-8-7-9-12-18/h7-9,11-12,16-17,19-23,31H,5-6,10,13-15H2,1-4H3,(H,28,32)(H,29,33)/t16?,17?,19-,20-,21+,22-,23?,27?/m0/s1. The van der Waals surface area contributed by atoms with Gasteiger partial charge in [-0.2, -0.15) is 0 Å². The maximum absolute atomic E-state index is 14.0. The van der Waals surface area contributed by atoms with Crippen molar-refractivity contribution in [2.75, 3.05) is 6.61 Å². The second-order valence-electron chi connectivity index (χ2n) is 10.4. The van der Waals surface area contributed by atoms with Crippen molar-refractivity contribution in [1.29, 1.82) is 0 Å². The Kier molecular flexibility index (Phi) is 7.81. The van der Waals surface area contributed by atoms with E-state index in [0.29, 0.717) is 13.0 Å². The van der Waals surface area contributed by atoms with Crippen molar-refractivity contribution in [3.05, 3.63) is 35.9 Å². The van der Waals surface area contributed by atoms with Crippen LogP contribution in [0.2, 0.25) is 0 Å². The third-order valence-corrected chi connectivity index (χ3v) is 10.3. The molecule has 2 bridgehead atoms. The Morgan fingerprint density at radius 1 is 1.23 bits per heavy atom. The molecule has 8 heteroatoms. The van der Waals surface area contributed by atoms with E-state index in [1.165, 1.54) is 0 Å². The molecule has 4 rings (SSSR count). The van der Waals surface area contributed by atoms with Crippen LogP contribution in [0.15, 0.2) is 30.3 Å². The molecule has 4 unspecified atom stereocenters. The lowest BCUT2D eigenvalue weighted by atomic mass is 9.65. The van der Waals surface area contributed by atoms with Gasteiger partial charge < -0.3 is 20.6 Å². The van der Waals surface area contributed by atoms with Gasteiger partial charge in [-0.15, -0.1) is 11.8 Å². The predicted octanol–water partition coefficient (Wildman–Crippen LogP) is 2.72. The summed E-state index contributed by atoms with van der Waals surface area (Å²) in [5.41, 5.74) is 1.01. The number of aliphatic hydroxyl groups is 1. The Hall–Kier alpha value is -2.06. The van der Waals surface area contributed by atoms with E-state index in [1.807, 2.05) is 44.2 Å². The first-order valence-electron chi connectivity index (χ1n) is 13.0. The predicted molar refractivity (Wildman–Crippen MR) is 137 cm³/mol. The summed E-state index contributed by atoms with van der Waals surface area (Å²) in [6.45, 7) is 8.32. The van der Waals surface area contributed by atoms with E-state index in [2.05, 4.69) is 24.5 Å². The highest BCUT2D eigenvalue weighted by atomic mass is 32.2. The molecule has 35 heavy (non-hydrogen) atoms. The molecule has 3 fully saturated rings. The summed E-state index contributed by atoms with van der Waals surface area (Å²) in [5, 5.41) is 16.4. The van der Waals surface area contributed by atoms with Gasteiger partial charge in [0.25, 0.3) is 0 Å². The van der Waals surface area contributed by atoms with Crippen LogP contribution in [0, 0.1) is 17.8 Å². The third kappa shape index (κ3) is 4.37. The SMILES string of the molecule is CCCC(C)NC(=O)C1N([C@@H](CC)CO)C(=O)[C@@H]2[C@H](C(=O)NCc3ccccc3)[C@@H]3CC(C)C12S3. The molecular formula is C27H39N3O4S. The fourth-order valence-electron chi connectivity index (χ4n) is 6.60. The van der Waals surface area contributed by atoms with E-state index in [0.717, 1.165) is 24.8 Å². The topological polar surface area (TPSA) is 98.7 Å². The highest BCUT2D eigenvalue weighted by Gasteiger charge is 2.76. The number of fused-ring (bicyclic) bond motifs is 1. The summed E-state index contributed by atoms with van der Waals surface area (Å²) >= 11 is 1.67. The van der Waals surface area contributed by atoms with E-state index >= 15 is 0 Å². The number of likely N-dealkylation sites (tertiary alicyclic amines) is 1. The molecule has 0 saturated carbocycles. The molecule has 192 valence electrons. The van der Waals surface area contributed by atoms with Crippen molar-refractivity contribution in [3.8, 4) is 0 Å². The zero-order valence-corrected chi connectivity index (χ0v) is 22.0. The number of benzene rings is 1. The van der Waals surface area contributed by atoms with Crippen LogP contribution in [0.4, 0.5) is 0 Å². The number of rotatable bonds is 10. The van der Waals surface area contributed by atoms with Crippen LogP contribution in [-0.2, 0) is 20.9 Å². The van der Waals surface area contributed by atoms with Crippen LogP contribution < -0.4 is 10.6 Å². The van der Waals surface area contributed by atoms with E-state index < -0.39 is 28.7 Å². The minimum absolute atomic E-state index is 0.00187. The van der Waals surface area contributed by atoms with Crippen LogP contribution in [0.25, 0.3) is 0 Å². The van der Waals surface area contributed by atoms with E-state index in [4.69, 9.17) is 0 Å². The normalized spacial score (nSPS) is 32.9. The molecule has 3 amide bonds. The van der Waals surface area contributed by atoms with Crippen LogP contribution in [0.3, 0.4) is 0 Å². The highest BCUT2D eigenvalue weighted by molar-refractivity contribution is 8.02. The average Bonchev–Trinajstić information content (AvgIpc) is 3.43. The van der Waals surface area contributed by atoms with Crippen LogP contribution in [0.5, 0.6) is 0 Å². The molecule has 3 N–H and O–H groups in total. The largest absolute Gasteiger partial charge is 0.394 e. The maximum atomic E-state index is 14.0. The Morgan fingerprint density at radius 2 is 1.94 bits per heavy atom. The second kappa shape index (κ2) is 10.5. The lowest BCUT2D eigenvalue weighted by Crippen LogP contribution is -2.59. The summed E-state index contributed by atoms with van der Waals surface area (Å²) in [5.74, 6) is -1.35. The van der Waals surface area contributed by atoms with Gasteiger partial charge in [0.05, 0.1) is 29.2 Å². The zero-order chi connectivity index (χ0) is 25.3. The number of hydrogen-bond donors (Lipinski definition) is 3. The van der Waals surface area contributed by atoms with Gasteiger partial charge in [0.1, 0.15) is 6.04 Å². The maximum Gasteiger partial charge on any atom is 0.244 e. The summed E-state index contributed by atoms with van der Waals surface area (Å²) in [6, 6.07) is 8.61. The molecule has 3 saturated heterocycles. The molecule has 0 aromatic heterocycles. The van der Waals surface area contributed by atoms with Crippen molar-refractivity contribution in [3.63, 3.8) is 0 Å². The summed E-state index contributed by atoms with van der Waals surface area (Å²) in [4.78, 5) is 43.0. The van der Waals surface area contributed by atoms with Crippen LogP contribution >= 0.6 is 11.8 Å². The molecule has 1 aromatic rings. The molecule has 3 heterocycles. The highest BCUT2D eigenvalue weighted by Crippen LogP contribution is 2.68. The first kappa shape index (κ1) is 26.0. The smallest absolute Gasteiger partial charge is 0.244 e. The lowest BCUT2D eigenvalue weighted by Gasteiger charge is -2.40. The minimum Gasteiger partial charge on any atom is -0.394 e. The molecule has 8 atom stereocenters. The lowest BCUT2D eigenvalue weighted by molar-refractivity contribution is -0.143. The number of aliphatic hydroxyl groups excluding tert-OH is 1. The number of nitrogens with zero attached hydrogens (tertiary/aromatic N) is 1. The van der Waals surface area contributed by atoms with Gasteiger partial charge in [0.15, 0.2) is 0 Å². The van der Waals surface area contributed by atoms with Gasteiger partial charge in [-0.25, -0.2) is 0 Å². The number of carbonyl (C=O) groups is 3. The quantitative estimate of drug-likeness (QED) is 0.458. The zero-order valence-electron chi connectivity index (χ0n) is 21.2. The van der Waals surface area contributed by atoms with Crippen LogP contribution in [-0.4, -0.2) is 62.5 Å². The second-order valence-corrected chi connectivity index (χ2v) is 12.0. The van der Waals surface area contributed by atoms with Gasteiger partial charge in [-0.1, -0.05) is 57.5 Å². The Balaban J connectivity index is 1.66. The van der Waals surface area contributed by atoms with Gasteiger partial charge in [-0.3, -0.25) is 14.4 Å². The summed E-state index contributed by atoms with van der Waals surface area (Å²) in [6.07, 6.45) is 3.16. The Bertz CT molecular complexity index is 940. The molecular weight excluding hydrogens is 462 g/mol. The van der Waals surface area contributed by atoms with Gasteiger partial charge in [0, 0.05) is 17.8 Å². The van der Waals surface area contributed by atoms with Crippen molar-refractivity contribution >= 4 is 29.5 Å². The van der Waals surface area contributed by atoms with Crippen molar-refractivity contribution in [2.24, 2.45) is 17.8 Å². The number of hydrogen-bond acceptors (Lipinski definition) is 5. The summed E-state index contributed by atoms with van der Waals surface area (Å²) in [7, 11) is 0. The Labute approximate surface area is 212 Å². The first-order valence-corrected chi connectivity index (χ1v) is 13.9. The van der Waals surface area contributed by atoms with Gasteiger partial charge in [-0.05, 0) is 37.7 Å². The molecule has 1 aromatic carbocycles. The Morgan fingerprint density at radius 3 is 2.57 bits per heavy atom. The fourth-order valence-corrected chi connectivity index (χ4v) is 9.00. The van der Waals surface area contributed by atoms with E-state index in [-0.39, 0.29) is 41.5 Å². The molecule has 0 radical (unpaired) electrons. The number of carbonyl (C=O) groups excluding carboxylic acids is 3. The third-order valence-electron chi connectivity index (χ3n) is 8.23. The number of thioether (sulfide) groups is 1. The van der Waals surface area contributed by atoms with Crippen molar-refractivity contribution in [1.82, 2.24) is 15.5 Å². The fraction of sp³-hybridized carbons (Fsp3) is 0.667. The van der Waals surface area contributed by atoms with Gasteiger partial charge >= 0.3 is 0 Å². The van der Waals surface area contributed by atoms with Crippen molar-refractivity contribution in [2.45, 2.75) is 88.0 Å². The minimum atomic E-state index is -0.687. The molecule has 0 aliphatic carbocycles. The number of nitrogens with one attached hydrogen (secondary N) is 2. The molecule has 7 nitrogen and oxygen atoms in total. The molecule has 3 aliphatic heterocycles. The van der Waals surface area contributed by atoms with E-state index in [1.54, 1.807) is 16.7 Å². The molecule has 1 spiro atoms. The first-order chi connectivity index (χ1) is 16.8. The number of amides is 3.